The Bertz CT molecular complexity index is 329. The summed E-state index contributed by atoms with van der Waals surface area (Å²) in [5.41, 5.74) is -0.799. The number of ether oxygens (including phenoxy) is 1. The lowest BCUT2D eigenvalue weighted by atomic mass is 9.94. The molecule has 2 aliphatic rings. The summed E-state index contributed by atoms with van der Waals surface area (Å²) >= 11 is 0. The van der Waals surface area contributed by atoms with Crippen LogP contribution >= 0.6 is 0 Å². The molecule has 21 heavy (non-hydrogen) atoms. The lowest BCUT2D eigenvalue weighted by Crippen LogP contribution is -2.51. The fraction of sp³-hybridized carbons (Fsp3) is 0.938. The van der Waals surface area contributed by atoms with Gasteiger partial charge in [0.25, 0.3) is 0 Å². The van der Waals surface area contributed by atoms with E-state index < -0.39 is 5.60 Å². The molecule has 2 rings (SSSR count). The first-order chi connectivity index (χ1) is 10.1. The summed E-state index contributed by atoms with van der Waals surface area (Å²) in [5, 5.41) is 16.3. The van der Waals surface area contributed by atoms with E-state index in [0.717, 1.165) is 6.42 Å². The number of amides is 2. The van der Waals surface area contributed by atoms with E-state index in [1.54, 1.807) is 0 Å². The van der Waals surface area contributed by atoms with Crippen LogP contribution in [0, 0.1) is 5.92 Å². The molecule has 0 bridgehead atoms. The molecule has 1 saturated heterocycles. The van der Waals surface area contributed by atoms with Gasteiger partial charge in [-0.3, -0.25) is 0 Å². The van der Waals surface area contributed by atoms with Gasteiger partial charge in [0.15, 0.2) is 0 Å². The highest BCUT2D eigenvalue weighted by molar-refractivity contribution is 5.74. The van der Waals surface area contributed by atoms with Crippen molar-refractivity contribution < 1.29 is 14.6 Å². The van der Waals surface area contributed by atoms with E-state index in [0.29, 0.717) is 44.6 Å². The van der Waals surface area contributed by atoms with Crippen LogP contribution in [0.25, 0.3) is 0 Å². The molecule has 0 aromatic rings. The molecular weight excluding hydrogens is 268 g/mol. The van der Waals surface area contributed by atoms with Gasteiger partial charge < -0.3 is 20.5 Å². The largest absolute Gasteiger partial charge is 0.388 e. The molecule has 2 fully saturated rings. The SMILES string of the molecule is CCCCC1CCCC1NC(=O)NCC1(O)CCOCC1. The molecule has 3 N–H and O–H groups in total. The maximum absolute atomic E-state index is 12.0. The monoisotopic (exact) mass is 298 g/mol. The van der Waals surface area contributed by atoms with E-state index in [1.165, 1.54) is 32.1 Å². The number of carbonyl (C=O) groups is 1. The van der Waals surface area contributed by atoms with E-state index in [1.807, 2.05) is 0 Å². The summed E-state index contributed by atoms with van der Waals surface area (Å²) in [4.78, 5) is 12.0. The number of aliphatic hydroxyl groups is 1. The van der Waals surface area contributed by atoms with Crippen LogP contribution in [0.5, 0.6) is 0 Å². The molecule has 0 aromatic carbocycles. The van der Waals surface area contributed by atoms with E-state index in [4.69, 9.17) is 4.74 Å². The standard InChI is InChI=1S/C16H30N2O3/c1-2-3-5-13-6-4-7-14(13)18-15(19)17-12-16(20)8-10-21-11-9-16/h13-14,20H,2-12H2,1H3,(H2,17,18,19). The normalized spacial score (nSPS) is 28.3. The van der Waals surface area contributed by atoms with Crippen LogP contribution in [0.3, 0.4) is 0 Å². The lowest BCUT2D eigenvalue weighted by Gasteiger charge is -2.32. The van der Waals surface area contributed by atoms with E-state index in [2.05, 4.69) is 17.6 Å². The zero-order valence-electron chi connectivity index (χ0n) is 13.2. The van der Waals surface area contributed by atoms with E-state index in [9.17, 15) is 9.90 Å². The van der Waals surface area contributed by atoms with Crippen LogP contribution in [0.1, 0.15) is 58.3 Å². The highest BCUT2D eigenvalue weighted by atomic mass is 16.5. The Kier molecular flexibility index (Phi) is 6.30. The predicted octanol–water partition coefficient (Wildman–Crippen LogP) is 2.19. The number of hydrogen-bond acceptors (Lipinski definition) is 3. The summed E-state index contributed by atoms with van der Waals surface area (Å²) in [6, 6.07) is 0.171. The van der Waals surface area contributed by atoms with Crippen LogP contribution in [-0.4, -0.2) is 42.5 Å². The number of unbranched alkanes of at least 4 members (excludes halogenated alkanes) is 1. The zero-order valence-corrected chi connectivity index (χ0v) is 13.2. The third-order valence-electron chi connectivity index (χ3n) is 4.91. The van der Waals surface area contributed by atoms with Gasteiger partial charge in [0.05, 0.1) is 5.60 Å². The van der Waals surface area contributed by atoms with E-state index >= 15 is 0 Å². The Morgan fingerprint density at radius 1 is 1.33 bits per heavy atom. The van der Waals surface area contributed by atoms with Crippen LogP contribution in [0.4, 0.5) is 4.79 Å². The van der Waals surface area contributed by atoms with Crippen molar-refractivity contribution in [3.05, 3.63) is 0 Å². The number of nitrogens with one attached hydrogen (secondary N) is 2. The van der Waals surface area contributed by atoms with Crippen LogP contribution < -0.4 is 10.6 Å². The summed E-state index contributed by atoms with van der Waals surface area (Å²) in [6.45, 7) is 3.66. The highest BCUT2D eigenvalue weighted by Crippen LogP contribution is 2.29. The van der Waals surface area contributed by atoms with Crippen molar-refractivity contribution in [1.82, 2.24) is 10.6 Å². The Morgan fingerprint density at radius 2 is 2.10 bits per heavy atom. The summed E-state index contributed by atoms with van der Waals surface area (Å²) in [5.74, 6) is 0.627. The van der Waals surface area contributed by atoms with Crippen LogP contribution in [-0.2, 0) is 4.74 Å². The molecule has 5 heteroatoms. The predicted molar refractivity (Wildman–Crippen MR) is 82.2 cm³/mol. The van der Waals surface area contributed by atoms with Gasteiger partial charge >= 0.3 is 6.03 Å². The molecule has 2 unspecified atom stereocenters. The van der Waals surface area contributed by atoms with Gasteiger partial charge in [-0.15, -0.1) is 0 Å². The van der Waals surface area contributed by atoms with Crippen molar-refractivity contribution in [3.63, 3.8) is 0 Å². The van der Waals surface area contributed by atoms with Crippen molar-refractivity contribution in [3.8, 4) is 0 Å². The molecular formula is C16H30N2O3. The van der Waals surface area contributed by atoms with Crippen molar-refractivity contribution in [1.29, 1.82) is 0 Å². The maximum atomic E-state index is 12.0. The lowest BCUT2D eigenvalue weighted by molar-refractivity contribution is -0.0600. The minimum atomic E-state index is -0.799. The fourth-order valence-corrected chi connectivity index (χ4v) is 3.43. The zero-order chi connectivity index (χ0) is 15.1. The Morgan fingerprint density at radius 3 is 2.81 bits per heavy atom. The molecule has 1 aliphatic carbocycles. The topological polar surface area (TPSA) is 70.6 Å². The third kappa shape index (κ3) is 5.15. The average molecular weight is 298 g/mol. The Labute approximate surface area is 127 Å². The van der Waals surface area contributed by atoms with Crippen LogP contribution in [0.2, 0.25) is 0 Å². The van der Waals surface area contributed by atoms with Crippen LogP contribution in [0.15, 0.2) is 0 Å². The molecule has 1 saturated carbocycles. The average Bonchev–Trinajstić information content (AvgIpc) is 2.91. The molecule has 122 valence electrons. The molecule has 2 amide bonds. The smallest absolute Gasteiger partial charge is 0.315 e. The quantitative estimate of drug-likeness (QED) is 0.704. The summed E-state index contributed by atoms with van der Waals surface area (Å²) < 4.78 is 5.24. The Balaban J connectivity index is 1.71. The molecule has 0 aromatic heterocycles. The second-order valence-corrected chi connectivity index (χ2v) is 6.60. The first kappa shape index (κ1) is 16.6. The van der Waals surface area contributed by atoms with Gasteiger partial charge in [-0.1, -0.05) is 26.2 Å². The molecule has 1 aliphatic heterocycles. The molecule has 2 atom stereocenters. The van der Waals surface area contributed by atoms with Gasteiger partial charge in [0.1, 0.15) is 0 Å². The first-order valence-corrected chi connectivity index (χ1v) is 8.47. The second kappa shape index (κ2) is 7.99. The highest BCUT2D eigenvalue weighted by Gasteiger charge is 2.31. The minimum Gasteiger partial charge on any atom is -0.388 e. The van der Waals surface area contributed by atoms with Crippen molar-refractivity contribution in [2.45, 2.75) is 69.9 Å². The minimum absolute atomic E-state index is 0.136. The number of rotatable bonds is 6. The molecule has 0 spiro atoms. The fourth-order valence-electron chi connectivity index (χ4n) is 3.43. The van der Waals surface area contributed by atoms with Gasteiger partial charge in [0.2, 0.25) is 0 Å². The molecule has 5 nitrogen and oxygen atoms in total. The third-order valence-corrected chi connectivity index (χ3v) is 4.91. The second-order valence-electron chi connectivity index (χ2n) is 6.60. The van der Waals surface area contributed by atoms with E-state index in [-0.39, 0.29) is 6.03 Å². The molecule has 0 radical (unpaired) electrons. The van der Waals surface area contributed by atoms with Gasteiger partial charge in [-0.05, 0) is 25.2 Å². The van der Waals surface area contributed by atoms with Crippen molar-refractivity contribution >= 4 is 6.03 Å². The number of carbonyl (C=O) groups excluding carboxylic acids is 1. The number of hydrogen-bond donors (Lipinski definition) is 3. The van der Waals surface area contributed by atoms with Gasteiger partial charge in [-0.2, -0.15) is 0 Å². The van der Waals surface area contributed by atoms with Crippen molar-refractivity contribution in [2.75, 3.05) is 19.8 Å². The summed E-state index contributed by atoms with van der Waals surface area (Å²) in [6.07, 6.45) is 8.37. The first-order valence-electron chi connectivity index (χ1n) is 8.47. The van der Waals surface area contributed by atoms with Gasteiger partial charge in [-0.25, -0.2) is 4.79 Å². The Hall–Kier alpha value is -0.810. The maximum Gasteiger partial charge on any atom is 0.315 e. The summed E-state index contributed by atoms with van der Waals surface area (Å²) in [7, 11) is 0. The molecule has 1 heterocycles. The van der Waals surface area contributed by atoms with Gasteiger partial charge in [0, 0.05) is 38.6 Å². The van der Waals surface area contributed by atoms with Crippen molar-refractivity contribution in [2.24, 2.45) is 5.92 Å². The number of urea groups is 1.